The molecule has 0 radical (unpaired) electrons. The van der Waals surface area contributed by atoms with Crippen LogP contribution in [-0.2, 0) is 11.0 Å². The number of alkyl halides is 1. The summed E-state index contributed by atoms with van der Waals surface area (Å²) in [6, 6.07) is 8.94. The summed E-state index contributed by atoms with van der Waals surface area (Å²) in [7, 11) is -1.24. The Hall–Kier alpha value is -2.19. The number of halogens is 1. The molecule has 0 spiro atoms. The van der Waals surface area contributed by atoms with Crippen LogP contribution in [0, 0.1) is 10.8 Å². The van der Waals surface area contributed by atoms with Gasteiger partial charge in [-0.1, -0.05) is 0 Å². The molecule has 1 unspecified atom stereocenters. The highest BCUT2D eigenvalue weighted by Gasteiger charge is 2.71. The maximum atomic E-state index is 12.9. The van der Waals surface area contributed by atoms with Crippen LogP contribution in [0.3, 0.4) is 0 Å². The first kappa shape index (κ1) is 20.1. The van der Waals surface area contributed by atoms with Gasteiger partial charge in [0, 0.05) is 34.9 Å². The van der Waals surface area contributed by atoms with Gasteiger partial charge in [0.15, 0.2) is 5.78 Å². The Labute approximate surface area is 176 Å². The van der Waals surface area contributed by atoms with Crippen LogP contribution in [0.1, 0.15) is 29.6 Å². The average Bonchev–Trinajstić information content (AvgIpc) is 2.64. The minimum atomic E-state index is -1.24. The van der Waals surface area contributed by atoms with Crippen molar-refractivity contribution in [3.8, 4) is 11.6 Å². The normalized spacial score (nSPS) is 25.3. The summed E-state index contributed by atoms with van der Waals surface area (Å²) in [6.45, 7) is 0.959. The second-order valence-electron chi connectivity index (χ2n) is 7.76. The molecular weight excluding hydrogens is 414 g/mol. The largest absolute Gasteiger partial charge is 0.492 e. The number of ketones is 1. The highest BCUT2D eigenvalue weighted by molar-refractivity contribution is 7.85. The first-order valence-corrected chi connectivity index (χ1v) is 11.4. The van der Waals surface area contributed by atoms with Crippen molar-refractivity contribution >= 4 is 34.3 Å². The molecule has 5 rings (SSSR count). The van der Waals surface area contributed by atoms with Gasteiger partial charge >= 0.3 is 0 Å². The van der Waals surface area contributed by atoms with Crippen LogP contribution in [0.2, 0.25) is 0 Å². The molecule has 0 amide bonds. The fourth-order valence-corrected chi connectivity index (χ4v) is 4.82. The molecule has 3 fully saturated rings. The fourth-order valence-electron chi connectivity index (χ4n) is 4.38. The summed E-state index contributed by atoms with van der Waals surface area (Å²) in [4.78, 5) is 21.1. The molecule has 1 aromatic heterocycles. The molecule has 29 heavy (non-hydrogen) atoms. The molecule has 3 saturated carbocycles. The number of aromatic nitrogens is 2. The van der Waals surface area contributed by atoms with Crippen LogP contribution in [-0.4, -0.2) is 45.3 Å². The number of rotatable bonds is 10. The Balaban J connectivity index is 1.30. The molecule has 154 valence electrons. The lowest BCUT2D eigenvalue weighted by Gasteiger charge is -2.69. The van der Waals surface area contributed by atoms with E-state index in [4.69, 9.17) is 21.1 Å². The number of hydrogen-bond donors (Lipinski definition) is 1. The summed E-state index contributed by atoms with van der Waals surface area (Å²) >= 11 is 5.62. The lowest BCUT2D eigenvalue weighted by molar-refractivity contribution is -0.185. The van der Waals surface area contributed by atoms with Crippen LogP contribution in [0.4, 0.5) is 5.95 Å². The molecule has 3 aliphatic carbocycles. The zero-order valence-corrected chi connectivity index (χ0v) is 17.6. The van der Waals surface area contributed by atoms with Crippen molar-refractivity contribution in [2.24, 2.45) is 10.8 Å². The van der Waals surface area contributed by atoms with E-state index in [0.29, 0.717) is 25.0 Å². The van der Waals surface area contributed by atoms with E-state index in [9.17, 15) is 9.00 Å². The number of Topliss-reactive ketones (excluding diaryl/α,β-unsaturated/α-hetero) is 1. The third-order valence-electron chi connectivity index (χ3n) is 5.48. The Morgan fingerprint density at radius 2 is 1.93 bits per heavy atom. The molecule has 7 nitrogen and oxygen atoms in total. The van der Waals surface area contributed by atoms with E-state index in [1.54, 1.807) is 12.3 Å². The van der Waals surface area contributed by atoms with E-state index in [-0.39, 0.29) is 22.6 Å². The first-order valence-electron chi connectivity index (χ1n) is 9.33. The van der Waals surface area contributed by atoms with Crippen molar-refractivity contribution < 1.29 is 18.5 Å². The fraction of sp³-hybridized carbons (Fsp3) is 0.450. The van der Waals surface area contributed by atoms with E-state index in [1.165, 1.54) is 6.26 Å². The monoisotopic (exact) mass is 435 g/mol. The minimum Gasteiger partial charge on any atom is -0.492 e. The summed E-state index contributed by atoms with van der Waals surface area (Å²) in [6.07, 6.45) is 5.57. The number of carbonyl (C=O) groups excluding carboxylic acids is 1. The second kappa shape index (κ2) is 7.91. The standard InChI is InChI=1S/C20H22ClN3O4S/c1-29(26)24-18-22-8-6-16(23-18)28-13-19-10-20(11-19,12-19)17(25)14-2-4-15(5-3-14)27-9-7-21/h2-6,8H,7,9-13H2,1H3,(H,22,23,24). The molecule has 0 aliphatic heterocycles. The zero-order valence-electron chi connectivity index (χ0n) is 16.0. The third-order valence-corrected chi connectivity index (χ3v) is 6.10. The Kier molecular flexibility index (Phi) is 5.48. The van der Waals surface area contributed by atoms with E-state index < -0.39 is 11.0 Å². The lowest BCUT2D eigenvalue weighted by atomic mass is 9.34. The smallest absolute Gasteiger partial charge is 0.237 e. The predicted molar refractivity (Wildman–Crippen MR) is 111 cm³/mol. The average molecular weight is 436 g/mol. The van der Waals surface area contributed by atoms with E-state index >= 15 is 0 Å². The second-order valence-corrected chi connectivity index (χ2v) is 9.26. The number of carbonyl (C=O) groups is 1. The van der Waals surface area contributed by atoms with Gasteiger partial charge in [-0.15, -0.1) is 11.6 Å². The minimum absolute atomic E-state index is 0.0468. The Morgan fingerprint density at radius 1 is 1.21 bits per heavy atom. The molecule has 1 heterocycles. The van der Waals surface area contributed by atoms with Crippen molar-refractivity contribution in [1.29, 1.82) is 0 Å². The van der Waals surface area contributed by atoms with Gasteiger partial charge in [0.25, 0.3) is 0 Å². The maximum Gasteiger partial charge on any atom is 0.237 e. The number of anilines is 1. The van der Waals surface area contributed by atoms with Crippen LogP contribution in [0.15, 0.2) is 36.5 Å². The van der Waals surface area contributed by atoms with Gasteiger partial charge in [-0.25, -0.2) is 9.19 Å². The topological polar surface area (TPSA) is 90.4 Å². The van der Waals surface area contributed by atoms with Crippen LogP contribution in [0.5, 0.6) is 11.6 Å². The molecule has 1 N–H and O–H groups in total. The Bertz CT molecular complexity index is 918. The lowest BCUT2D eigenvalue weighted by Crippen LogP contribution is -2.67. The number of hydrogen-bond acceptors (Lipinski definition) is 6. The summed E-state index contributed by atoms with van der Waals surface area (Å²) < 4.78 is 25.1. The number of nitrogens with one attached hydrogen (secondary N) is 1. The SMILES string of the molecule is CS(=O)Nc1nccc(OCC23CC(C(=O)c4ccc(OCCCl)cc4)(C2)C3)n1. The maximum absolute atomic E-state index is 12.9. The third kappa shape index (κ3) is 4.09. The molecule has 9 heteroatoms. The number of ether oxygens (including phenoxy) is 2. The van der Waals surface area contributed by atoms with Gasteiger partial charge in [-0.2, -0.15) is 4.98 Å². The quantitative estimate of drug-likeness (QED) is 0.455. The summed E-state index contributed by atoms with van der Waals surface area (Å²) in [5, 5.41) is 0. The first-order chi connectivity index (χ1) is 13.9. The Morgan fingerprint density at radius 3 is 2.59 bits per heavy atom. The molecule has 2 aromatic rings. The highest BCUT2D eigenvalue weighted by atomic mass is 35.5. The highest BCUT2D eigenvalue weighted by Crippen LogP contribution is 2.74. The summed E-state index contributed by atoms with van der Waals surface area (Å²) in [5.41, 5.74) is 0.515. The van der Waals surface area contributed by atoms with Crippen molar-refractivity contribution in [2.75, 3.05) is 30.1 Å². The van der Waals surface area contributed by atoms with E-state index in [2.05, 4.69) is 14.7 Å². The molecule has 3 aliphatic rings. The van der Waals surface area contributed by atoms with Gasteiger partial charge in [-0.3, -0.25) is 9.52 Å². The molecule has 0 saturated heterocycles. The van der Waals surface area contributed by atoms with Crippen molar-refractivity contribution in [1.82, 2.24) is 9.97 Å². The summed E-state index contributed by atoms with van der Waals surface area (Å²) in [5.74, 6) is 2.05. The van der Waals surface area contributed by atoms with Gasteiger partial charge in [0.1, 0.15) is 23.3 Å². The number of benzene rings is 1. The molecule has 1 atom stereocenters. The van der Waals surface area contributed by atoms with Gasteiger partial charge in [0.2, 0.25) is 11.8 Å². The van der Waals surface area contributed by atoms with Gasteiger partial charge in [0.05, 0.1) is 12.5 Å². The van der Waals surface area contributed by atoms with Crippen molar-refractivity contribution in [3.05, 3.63) is 42.1 Å². The van der Waals surface area contributed by atoms with Crippen LogP contribution < -0.4 is 14.2 Å². The van der Waals surface area contributed by atoms with E-state index in [1.807, 2.05) is 24.3 Å². The molecule has 1 aromatic carbocycles. The zero-order chi connectivity index (χ0) is 20.5. The van der Waals surface area contributed by atoms with E-state index in [0.717, 1.165) is 30.6 Å². The van der Waals surface area contributed by atoms with Crippen LogP contribution in [0.25, 0.3) is 0 Å². The molecule has 2 bridgehead atoms. The van der Waals surface area contributed by atoms with Gasteiger partial charge < -0.3 is 9.47 Å². The number of nitrogens with zero attached hydrogens (tertiary/aromatic N) is 2. The van der Waals surface area contributed by atoms with Crippen LogP contribution >= 0.6 is 11.6 Å². The van der Waals surface area contributed by atoms with Crippen molar-refractivity contribution in [2.45, 2.75) is 19.3 Å². The predicted octanol–water partition coefficient (Wildman–Crippen LogP) is 3.23. The molecular formula is C20H22ClN3O4S. The van der Waals surface area contributed by atoms with Gasteiger partial charge in [-0.05, 0) is 43.5 Å². The van der Waals surface area contributed by atoms with Crippen molar-refractivity contribution in [3.63, 3.8) is 0 Å².